The summed E-state index contributed by atoms with van der Waals surface area (Å²) in [5.41, 5.74) is 0.805. The Hall–Kier alpha value is -2.15. The molecule has 1 aromatic carbocycles. The third-order valence-corrected chi connectivity index (χ3v) is 3.72. The summed E-state index contributed by atoms with van der Waals surface area (Å²) in [7, 11) is 0. The van der Waals surface area contributed by atoms with Crippen LogP contribution in [0.3, 0.4) is 0 Å². The molecule has 0 aromatic heterocycles. The summed E-state index contributed by atoms with van der Waals surface area (Å²) in [4.78, 5) is 26.0. The van der Waals surface area contributed by atoms with Crippen molar-refractivity contribution >= 4 is 17.4 Å². The average molecular weight is 256 g/mol. The molecule has 1 saturated heterocycles. The second kappa shape index (κ2) is 4.85. The number of nitrogens with zero attached hydrogens (tertiary/aromatic N) is 2. The van der Waals surface area contributed by atoms with E-state index in [0.29, 0.717) is 6.42 Å². The zero-order chi connectivity index (χ0) is 14.0. The Bertz CT molecular complexity index is 557. The fourth-order valence-electron chi connectivity index (χ4n) is 2.29. The van der Waals surface area contributed by atoms with Crippen LogP contribution < -0.4 is 4.90 Å². The van der Waals surface area contributed by atoms with Gasteiger partial charge in [0.05, 0.1) is 12.6 Å². The van der Waals surface area contributed by atoms with Crippen LogP contribution in [0.5, 0.6) is 0 Å². The van der Waals surface area contributed by atoms with Crippen molar-refractivity contribution in [2.75, 3.05) is 11.4 Å². The largest absolute Gasteiger partial charge is 0.304 e. The quantitative estimate of drug-likeness (QED) is 0.779. The standard InChI is InChI=1S/C15H16N2O2/c1-11-4-6-12(7-5-11)17-10-13(18)15(2,14(17)19)8-3-9-16/h4-7H,3,8,10H2,1-2H3. The summed E-state index contributed by atoms with van der Waals surface area (Å²) < 4.78 is 0. The highest BCUT2D eigenvalue weighted by molar-refractivity contribution is 6.20. The van der Waals surface area contributed by atoms with E-state index in [2.05, 4.69) is 0 Å². The van der Waals surface area contributed by atoms with Gasteiger partial charge in [-0.25, -0.2) is 0 Å². The lowest BCUT2D eigenvalue weighted by atomic mass is 9.83. The molecule has 1 atom stereocenters. The number of Topliss-reactive ketones (excluding diaryl/α,β-unsaturated/α-hetero) is 1. The monoisotopic (exact) mass is 256 g/mol. The van der Waals surface area contributed by atoms with Crippen molar-refractivity contribution in [3.63, 3.8) is 0 Å². The van der Waals surface area contributed by atoms with Crippen molar-refractivity contribution in [3.05, 3.63) is 29.8 Å². The molecule has 4 nitrogen and oxygen atoms in total. The second-order valence-corrected chi connectivity index (χ2v) is 5.14. The number of anilines is 1. The van der Waals surface area contributed by atoms with E-state index < -0.39 is 5.41 Å². The Kier molecular flexibility index (Phi) is 3.39. The van der Waals surface area contributed by atoms with Crippen LogP contribution in [0.4, 0.5) is 5.69 Å². The lowest BCUT2D eigenvalue weighted by Gasteiger charge is -2.21. The van der Waals surface area contributed by atoms with Crippen molar-refractivity contribution in [2.24, 2.45) is 5.41 Å². The van der Waals surface area contributed by atoms with Gasteiger partial charge in [0.2, 0.25) is 5.91 Å². The Morgan fingerprint density at radius 3 is 2.53 bits per heavy atom. The van der Waals surface area contributed by atoms with Gasteiger partial charge in [0, 0.05) is 12.1 Å². The van der Waals surface area contributed by atoms with E-state index in [1.807, 2.05) is 37.3 Å². The zero-order valence-electron chi connectivity index (χ0n) is 11.1. The number of carbonyl (C=O) groups excluding carboxylic acids is 2. The van der Waals surface area contributed by atoms with E-state index in [4.69, 9.17) is 5.26 Å². The number of hydrogen-bond donors (Lipinski definition) is 0. The SMILES string of the molecule is Cc1ccc(N2CC(=O)C(C)(CCC#N)C2=O)cc1. The number of nitriles is 1. The van der Waals surface area contributed by atoms with E-state index in [1.165, 1.54) is 4.90 Å². The first-order chi connectivity index (χ1) is 8.99. The van der Waals surface area contributed by atoms with Crippen LogP contribution in [-0.2, 0) is 9.59 Å². The third-order valence-electron chi connectivity index (χ3n) is 3.72. The number of amides is 1. The number of benzene rings is 1. The Labute approximate surface area is 112 Å². The molecule has 0 N–H and O–H groups in total. The molecule has 1 heterocycles. The molecular formula is C15H16N2O2. The van der Waals surface area contributed by atoms with Gasteiger partial charge in [-0.3, -0.25) is 9.59 Å². The Balaban J connectivity index is 2.27. The number of carbonyl (C=O) groups is 2. The van der Waals surface area contributed by atoms with Crippen LogP contribution in [-0.4, -0.2) is 18.2 Å². The van der Waals surface area contributed by atoms with Crippen molar-refractivity contribution in [1.29, 1.82) is 5.26 Å². The molecular weight excluding hydrogens is 240 g/mol. The summed E-state index contributed by atoms with van der Waals surface area (Å²) in [5, 5.41) is 8.64. The van der Waals surface area contributed by atoms with Crippen molar-refractivity contribution in [1.82, 2.24) is 0 Å². The molecule has 0 spiro atoms. The van der Waals surface area contributed by atoms with Crippen molar-refractivity contribution in [3.8, 4) is 6.07 Å². The summed E-state index contributed by atoms with van der Waals surface area (Å²) in [5.74, 6) is -0.301. The first-order valence-corrected chi connectivity index (χ1v) is 6.28. The Morgan fingerprint density at radius 1 is 1.32 bits per heavy atom. The molecule has 1 unspecified atom stereocenters. The molecule has 0 saturated carbocycles. The van der Waals surface area contributed by atoms with Crippen LogP contribution in [0.15, 0.2) is 24.3 Å². The lowest BCUT2D eigenvalue weighted by Crippen LogP contribution is -2.34. The Morgan fingerprint density at radius 2 is 1.95 bits per heavy atom. The molecule has 1 aliphatic rings. The zero-order valence-corrected chi connectivity index (χ0v) is 11.1. The third kappa shape index (κ3) is 2.24. The highest BCUT2D eigenvalue weighted by Crippen LogP contribution is 2.35. The van der Waals surface area contributed by atoms with Gasteiger partial charge in [0.25, 0.3) is 0 Å². The summed E-state index contributed by atoms with van der Waals surface area (Å²) in [6.45, 7) is 3.71. The number of hydrogen-bond acceptors (Lipinski definition) is 3. The van der Waals surface area contributed by atoms with Crippen molar-refractivity contribution in [2.45, 2.75) is 26.7 Å². The van der Waals surface area contributed by atoms with Gasteiger partial charge in [-0.2, -0.15) is 5.26 Å². The van der Waals surface area contributed by atoms with Gasteiger partial charge >= 0.3 is 0 Å². The fraction of sp³-hybridized carbons (Fsp3) is 0.400. The molecule has 4 heteroatoms. The second-order valence-electron chi connectivity index (χ2n) is 5.14. The van der Waals surface area contributed by atoms with Gasteiger partial charge < -0.3 is 4.90 Å². The first-order valence-electron chi connectivity index (χ1n) is 6.28. The summed E-state index contributed by atoms with van der Waals surface area (Å²) >= 11 is 0. The summed E-state index contributed by atoms with van der Waals surface area (Å²) in [6.07, 6.45) is 0.513. The van der Waals surface area contributed by atoms with Crippen LogP contribution in [0.1, 0.15) is 25.3 Å². The van der Waals surface area contributed by atoms with Gasteiger partial charge in [0.15, 0.2) is 5.78 Å². The molecule has 0 radical (unpaired) electrons. The molecule has 19 heavy (non-hydrogen) atoms. The van der Waals surface area contributed by atoms with E-state index in [-0.39, 0.29) is 24.7 Å². The van der Waals surface area contributed by atoms with E-state index in [1.54, 1.807) is 6.92 Å². The maximum atomic E-state index is 12.4. The lowest BCUT2D eigenvalue weighted by molar-refractivity contribution is -0.133. The topological polar surface area (TPSA) is 61.2 Å². The van der Waals surface area contributed by atoms with Crippen LogP contribution in [0.2, 0.25) is 0 Å². The molecule has 1 aromatic rings. The minimum atomic E-state index is -1.04. The van der Waals surface area contributed by atoms with Crippen LogP contribution in [0, 0.1) is 23.7 Å². The van der Waals surface area contributed by atoms with Crippen LogP contribution >= 0.6 is 0 Å². The van der Waals surface area contributed by atoms with Gasteiger partial charge in [-0.05, 0) is 32.4 Å². The molecule has 1 aliphatic heterocycles. The predicted octanol–water partition coefficient (Wildman–Crippen LogP) is 2.22. The summed E-state index contributed by atoms with van der Waals surface area (Å²) in [6, 6.07) is 9.52. The highest BCUT2D eigenvalue weighted by Gasteiger charge is 2.49. The van der Waals surface area contributed by atoms with Gasteiger partial charge in [-0.15, -0.1) is 0 Å². The normalized spacial score (nSPS) is 22.7. The molecule has 1 fully saturated rings. The number of aryl methyl sites for hydroxylation is 1. The minimum absolute atomic E-state index is 0.101. The molecule has 98 valence electrons. The first kappa shape index (κ1) is 13.3. The van der Waals surface area contributed by atoms with Crippen LogP contribution in [0.25, 0.3) is 0 Å². The fourth-order valence-corrected chi connectivity index (χ4v) is 2.29. The number of rotatable bonds is 3. The van der Waals surface area contributed by atoms with Gasteiger partial charge in [0.1, 0.15) is 5.41 Å². The predicted molar refractivity (Wildman–Crippen MR) is 71.5 cm³/mol. The van der Waals surface area contributed by atoms with Crippen molar-refractivity contribution < 1.29 is 9.59 Å². The number of ketones is 1. The maximum Gasteiger partial charge on any atom is 0.240 e. The minimum Gasteiger partial charge on any atom is -0.304 e. The molecule has 2 rings (SSSR count). The highest BCUT2D eigenvalue weighted by atomic mass is 16.2. The molecule has 0 bridgehead atoms. The van der Waals surface area contributed by atoms with Gasteiger partial charge in [-0.1, -0.05) is 17.7 Å². The van der Waals surface area contributed by atoms with E-state index >= 15 is 0 Å². The van der Waals surface area contributed by atoms with E-state index in [0.717, 1.165) is 11.3 Å². The average Bonchev–Trinajstić information content (AvgIpc) is 2.62. The molecule has 0 aliphatic carbocycles. The maximum absolute atomic E-state index is 12.4. The van der Waals surface area contributed by atoms with E-state index in [9.17, 15) is 9.59 Å². The smallest absolute Gasteiger partial charge is 0.240 e. The molecule has 1 amide bonds.